The monoisotopic (exact) mass is 506 g/mol. The van der Waals surface area contributed by atoms with E-state index in [4.69, 9.17) is 0 Å². The SMILES string of the molecule is CCN(c1ccccc1)S(=O)(=O)c1ccc(C(=O)Nc2cccc(I)c2)cc1. The summed E-state index contributed by atoms with van der Waals surface area (Å²) in [6.45, 7) is 2.09. The van der Waals surface area contributed by atoms with Gasteiger partial charge in [-0.05, 0) is 84.1 Å². The van der Waals surface area contributed by atoms with Crippen molar-refractivity contribution in [1.82, 2.24) is 0 Å². The molecule has 0 saturated heterocycles. The molecule has 3 rings (SSSR count). The van der Waals surface area contributed by atoms with E-state index in [0.717, 1.165) is 3.57 Å². The summed E-state index contributed by atoms with van der Waals surface area (Å²) in [7, 11) is -3.71. The summed E-state index contributed by atoms with van der Waals surface area (Å²) in [6.07, 6.45) is 0. The van der Waals surface area contributed by atoms with E-state index < -0.39 is 10.0 Å². The molecule has 5 nitrogen and oxygen atoms in total. The van der Waals surface area contributed by atoms with Crippen molar-refractivity contribution in [2.45, 2.75) is 11.8 Å². The van der Waals surface area contributed by atoms with E-state index in [-0.39, 0.29) is 10.8 Å². The number of halogens is 1. The number of sulfonamides is 1. The summed E-state index contributed by atoms with van der Waals surface area (Å²) >= 11 is 2.17. The van der Waals surface area contributed by atoms with E-state index in [1.54, 1.807) is 37.3 Å². The number of benzene rings is 3. The zero-order chi connectivity index (χ0) is 20.1. The lowest BCUT2D eigenvalue weighted by Gasteiger charge is -2.23. The molecular formula is C21H19IN2O3S. The lowest BCUT2D eigenvalue weighted by molar-refractivity contribution is 0.102. The minimum absolute atomic E-state index is 0.143. The van der Waals surface area contributed by atoms with E-state index >= 15 is 0 Å². The number of para-hydroxylation sites is 1. The van der Waals surface area contributed by atoms with Gasteiger partial charge in [0.2, 0.25) is 0 Å². The highest BCUT2D eigenvalue weighted by Gasteiger charge is 2.23. The van der Waals surface area contributed by atoms with Gasteiger partial charge in [-0.25, -0.2) is 8.42 Å². The van der Waals surface area contributed by atoms with Gasteiger partial charge in [0.1, 0.15) is 0 Å². The Morgan fingerprint density at radius 1 is 0.964 bits per heavy atom. The number of carbonyl (C=O) groups excluding carboxylic acids is 1. The van der Waals surface area contributed by atoms with Crippen molar-refractivity contribution in [3.8, 4) is 0 Å². The minimum atomic E-state index is -3.71. The molecule has 3 aromatic carbocycles. The molecule has 144 valence electrons. The van der Waals surface area contributed by atoms with Crippen molar-refractivity contribution in [2.24, 2.45) is 0 Å². The van der Waals surface area contributed by atoms with Crippen LogP contribution in [0.1, 0.15) is 17.3 Å². The third kappa shape index (κ3) is 4.53. The lowest BCUT2D eigenvalue weighted by atomic mass is 10.2. The topological polar surface area (TPSA) is 66.5 Å². The predicted molar refractivity (Wildman–Crippen MR) is 120 cm³/mol. The molecule has 0 aliphatic heterocycles. The fraction of sp³-hybridized carbons (Fsp3) is 0.0952. The molecule has 7 heteroatoms. The first-order valence-corrected chi connectivity index (χ1v) is 11.2. The largest absolute Gasteiger partial charge is 0.322 e. The van der Waals surface area contributed by atoms with Crippen LogP contribution in [0.15, 0.2) is 83.8 Å². The van der Waals surface area contributed by atoms with Crippen LogP contribution in [0.3, 0.4) is 0 Å². The van der Waals surface area contributed by atoms with Crippen LogP contribution in [0.5, 0.6) is 0 Å². The van der Waals surface area contributed by atoms with Crippen LogP contribution < -0.4 is 9.62 Å². The van der Waals surface area contributed by atoms with Crippen LogP contribution in [0, 0.1) is 3.57 Å². The first kappa shape index (κ1) is 20.3. The van der Waals surface area contributed by atoms with Gasteiger partial charge in [-0.3, -0.25) is 9.10 Å². The minimum Gasteiger partial charge on any atom is -0.322 e. The molecule has 0 aliphatic rings. The van der Waals surface area contributed by atoms with Crippen molar-refractivity contribution in [1.29, 1.82) is 0 Å². The van der Waals surface area contributed by atoms with Crippen LogP contribution in [0.25, 0.3) is 0 Å². The maximum atomic E-state index is 13.0. The Hall–Kier alpha value is -2.39. The van der Waals surface area contributed by atoms with Crippen LogP contribution in [-0.2, 0) is 10.0 Å². The van der Waals surface area contributed by atoms with Gasteiger partial charge in [-0.1, -0.05) is 24.3 Å². The Balaban J connectivity index is 1.82. The summed E-state index contributed by atoms with van der Waals surface area (Å²) in [4.78, 5) is 12.6. The van der Waals surface area contributed by atoms with Crippen molar-refractivity contribution in [3.63, 3.8) is 0 Å². The molecule has 0 spiro atoms. The summed E-state index contributed by atoms with van der Waals surface area (Å²) in [6, 6.07) is 22.4. The molecule has 0 unspecified atom stereocenters. The molecule has 0 heterocycles. The van der Waals surface area contributed by atoms with E-state index in [9.17, 15) is 13.2 Å². The third-order valence-corrected chi connectivity index (χ3v) is 6.71. The summed E-state index contributed by atoms with van der Waals surface area (Å²) in [5.41, 5.74) is 1.68. The van der Waals surface area contributed by atoms with Gasteiger partial charge in [0.15, 0.2) is 0 Å². The fourth-order valence-electron chi connectivity index (χ4n) is 2.76. The van der Waals surface area contributed by atoms with Gasteiger partial charge in [0.05, 0.1) is 10.6 Å². The van der Waals surface area contributed by atoms with E-state index in [1.165, 1.54) is 28.6 Å². The second-order valence-electron chi connectivity index (χ2n) is 5.99. The second kappa shape index (κ2) is 8.74. The maximum absolute atomic E-state index is 13.0. The molecule has 1 amide bonds. The van der Waals surface area contributed by atoms with Gasteiger partial charge in [0, 0.05) is 21.4 Å². The molecule has 0 saturated carbocycles. The standard InChI is InChI=1S/C21H19IN2O3S/c1-2-24(19-9-4-3-5-10-19)28(26,27)20-13-11-16(12-14-20)21(25)23-18-8-6-7-17(22)15-18/h3-15H,2H2,1H3,(H,23,25). The van der Waals surface area contributed by atoms with Gasteiger partial charge >= 0.3 is 0 Å². The number of nitrogens with zero attached hydrogens (tertiary/aromatic N) is 1. The molecule has 0 fully saturated rings. The number of nitrogens with one attached hydrogen (secondary N) is 1. The van der Waals surface area contributed by atoms with Crippen LogP contribution in [-0.4, -0.2) is 20.9 Å². The number of hydrogen-bond donors (Lipinski definition) is 1. The first-order chi connectivity index (χ1) is 13.4. The number of rotatable bonds is 6. The average Bonchev–Trinajstić information content (AvgIpc) is 2.69. The molecule has 1 N–H and O–H groups in total. The van der Waals surface area contributed by atoms with Crippen LogP contribution in [0.2, 0.25) is 0 Å². The maximum Gasteiger partial charge on any atom is 0.264 e. The van der Waals surface area contributed by atoms with E-state index in [2.05, 4.69) is 27.9 Å². The van der Waals surface area contributed by atoms with E-state index in [1.807, 2.05) is 24.3 Å². The molecule has 28 heavy (non-hydrogen) atoms. The number of anilines is 2. The zero-order valence-corrected chi connectivity index (χ0v) is 18.1. The molecule has 3 aromatic rings. The van der Waals surface area contributed by atoms with Crippen molar-refractivity contribution < 1.29 is 13.2 Å². The highest BCUT2D eigenvalue weighted by Crippen LogP contribution is 2.23. The Bertz CT molecular complexity index is 1070. The van der Waals surface area contributed by atoms with E-state index in [0.29, 0.717) is 23.5 Å². The number of carbonyl (C=O) groups is 1. The Labute approximate surface area is 178 Å². The first-order valence-electron chi connectivity index (χ1n) is 8.66. The molecular weight excluding hydrogens is 487 g/mol. The summed E-state index contributed by atoms with van der Waals surface area (Å²) in [5, 5.41) is 2.81. The quantitative estimate of drug-likeness (QED) is 0.491. The van der Waals surface area contributed by atoms with Gasteiger partial charge in [-0.15, -0.1) is 0 Å². The molecule has 0 bridgehead atoms. The normalized spacial score (nSPS) is 11.1. The Morgan fingerprint density at radius 2 is 1.64 bits per heavy atom. The van der Waals surface area contributed by atoms with Crippen molar-refractivity contribution >= 4 is 49.9 Å². The second-order valence-corrected chi connectivity index (χ2v) is 9.10. The molecule has 0 aromatic heterocycles. The van der Waals surface area contributed by atoms with Crippen molar-refractivity contribution in [3.05, 3.63) is 88.0 Å². The highest BCUT2D eigenvalue weighted by molar-refractivity contribution is 14.1. The smallest absolute Gasteiger partial charge is 0.264 e. The van der Waals surface area contributed by atoms with Crippen LogP contribution in [0.4, 0.5) is 11.4 Å². The van der Waals surface area contributed by atoms with Crippen LogP contribution >= 0.6 is 22.6 Å². The molecule has 0 radical (unpaired) electrons. The predicted octanol–water partition coefficient (Wildman–Crippen LogP) is 4.76. The Kier molecular flexibility index (Phi) is 6.35. The Morgan fingerprint density at radius 3 is 2.25 bits per heavy atom. The summed E-state index contributed by atoms with van der Waals surface area (Å²) in [5.74, 6) is -0.290. The lowest BCUT2D eigenvalue weighted by Crippen LogP contribution is -2.30. The number of hydrogen-bond acceptors (Lipinski definition) is 3. The van der Waals surface area contributed by atoms with Crippen molar-refractivity contribution in [2.75, 3.05) is 16.2 Å². The fourth-order valence-corrected chi connectivity index (χ4v) is 4.78. The van der Waals surface area contributed by atoms with Gasteiger partial charge in [0.25, 0.3) is 15.9 Å². The highest BCUT2D eigenvalue weighted by atomic mass is 127. The zero-order valence-electron chi connectivity index (χ0n) is 15.2. The third-order valence-electron chi connectivity index (χ3n) is 4.12. The average molecular weight is 506 g/mol. The van der Waals surface area contributed by atoms with Gasteiger partial charge < -0.3 is 5.32 Å². The molecule has 0 aliphatic carbocycles. The summed E-state index contributed by atoms with van der Waals surface area (Å²) < 4.78 is 28.3. The van der Waals surface area contributed by atoms with Gasteiger partial charge in [-0.2, -0.15) is 0 Å². The number of amides is 1. The molecule has 0 atom stereocenters.